The molecule has 0 radical (unpaired) electrons. The van der Waals surface area contributed by atoms with E-state index in [1.165, 1.54) is 0 Å². The Kier molecular flexibility index (Phi) is 2.93. The highest BCUT2D eigenvalue weighted by Gasteiger charge is 2.01. The number of aryl methyl sites for hydroxylation is 1. The van der Waals surface area contributed by atoms with Crippen LogP contribution < -0.4 is 5.32 Å². The summed E-state index contributed by atoms with van der Waals surface area (Å²) in [5.41, 5.74) is 1.84. The van der Waals surface area contributed by atoms with Gasteiger partial charge in [-0.25, -0.2) is 4.98 Å². The maximum atomic E-state index is 5.90. The van der Waals surface area contributed by atoms with E-state index in [-0.39, 0.29) is 0 Å². The summed E-state index contributed by atoms with van der Waals surface area (Å²) in [5, 5.41) is 3.75. The second kappa shape index (κ2) is 3.76. The third kappa shape index (κ3) is 2.38. The Balaban J connectivity index is 2.86. The first-order valence-corrected chi connectivity index (χ1v) is 4.37. The van der Waals surface area contributed by atoms with Crippen molar-refractivity contribution in [3.63, 3.8) is 0 Å². The summed E-state index contributed by atoms with van der Waals surface area (Å²) in [7, 11) is 0. The minimum Gasteiger partial charge on any atom is -0.380 e. The largest absolute Gasteiger partial charge is 0.380 e. The van der Waals surface area contributed by atoms with E-state index in [1.807, 2.05) is 19.1 Å². The zero-order valence-corrected chi connectivity index (χ0v) is 8.31. The molecule has 0 aliphatic rings. The first kappa shape index (κ1) is 9.33. The molecule has 0 aliphatic carbocycles. The van der Waals surface area contributed by atoms with Gasteiger partial charge in [-0.2, -0.15) is 0 Å². The van der Waals surface area contributed by atoms with Gasteiger partial charge in [0.05, 0.1) is 5.69 Å². The van der Waals surface area contributed by atoms with E-state index < -0.39 is 0 Å². The smallest absolute Gasteiger partial charge is 0.152 e. The van der Waals surface area contributed by atoms with Crippen LogP contribution in [0.4, 0.5) is 5.69 Å². The molecular formula is C9H13ClN2. The zero-order valence-electron chi connectivity index (χ0n) is 7.56. The number of anilines is 1. The molecule has 0 amide bonds. The molecule has 0 aliphatic heterocycles. The average Bonchev–Trinajstić information content (AvgIpc) is 1.94. The monoisotopic (exact) mass is 184 g/mol. The van der Waals surface area contributed by atoms with Gasteiger partial charge < -0.3 is 5.32 Å². The van der Waals surface area contributed by atoms with Gasteiger partial charge in [0.2, 0.25) is 0 Å². The molecule has 0 saturated carbocycles. The van der Waals surface area contributed by atoms with Crippen LogP contribution in [0.15, 0.2) is 12.1 Å². The lowest BCUT2D eigenvalue weighted by atomic mass is 10.3. The normalized spacial score (nSPS) is 10.4. The second-order valence-corrected chi connectivity index (χ2v) is 3.45. The molecule has 1 rings (SSSR count). The van der Waals surface area contributed by atoms with E-state index in [0.717, 1.165) is 11.4 Å². The van der Waals surface area contributed by atoms with Crippen molar-refractivity contribution in [2.24, 2.45) is 0 Å². The maximum absolute atomic E-state index is 5.90. The Morgan fingerprint density at radius 2 is 2.08 bits per heavy atom. The van der Waals surface area contributed by atoms with E-state index in [4.69, 9.17) is 11.6 Å². The third-order valence-corrected chi connectivity index (χ3v) is 1.72. The van der Waals surface area contributed by atoms with Gasteiger partial charge in [-0.1, -0.05) is 11.6 Å². The Morgan fingerprint density at radius 3 is 2.58 bits per heavy atom. The highest BCUT2D eigenvalue weighted by atomic mass is 35.5. The third-order valence-electron chi connectivity index (χ3n) is 1.43. The Hall–Kier alpha value is -0.760. The Morgan fingerprint density at radius 1 is 1.42 bits per heavy atom. The molecule has 1 N–H and O–H groups in total. The highest BCUT2D eigenvalue weighted by molar-refractivity contribution is 6.32. The van der Waals surface area contributed by atoms with Gasteiger partial charge in [-0.05, 0) is 32.9 Å². The van der Waals surface area contributed by atoms with Crippen LogP contribution >= 0.6 is 11.6 Å². The van der Waals surface area contributed by atoms with Gasteiger partial charge >= 0.3 is 0 Å². The molecule has 0 spiro atoms. The minimum atomic E-state index is 0.381. The first-order valence-electron chi connectivity index (χ1n) is 3.99. The SMILES string of the molecule is Cc1ccc(NC(C)C)c(Cl)n1. The first-order chi connectivity index (χ1) is 5.59. The fourth-order valence-corrected chi connectivity index (χ4v) is 1.19. The lowest BCUT2D eigenvalue weighted by Gasteiger charge is -2.10. The molecule has 12 heavy (non-hydrogen) atoms. The Labute approximate surface area is 78.0 Å². The van der Waals surface area contributed by atoms with Crippen LogP contribution in [-0.2, 0) is 0 Å². The number of hydrogen-bond acceptors (Lipinski definition) is 2. The van der Waals surface area contributed by atoms with E-state index in [9.17, 15) is 0 Å². The minimum absolute atomic E-state index is 0.381. The summed E-state index contributed by atoms with van der Waals surface area (Å²) in [5.74, 6) is 0. The van der Waals surface area contributed by atoms with Crippen molar-refractivity contribution in [3.05, 3.63) is 23.0 Å². The zero-order chi connectivity index (χ0) is 9.14. The molecule has 3 heteroatoms. The molecule has 1 heterocycles. The van der Waals surface area contributed by atoms with Crippen molar-refractivity contribution in [1.29, 1.82) is 0 Å². The molecule has 0 unspecified atom stereocenters. The molecule has 0 fully saturated rings. The molecule has 66 valence electrons. The molecule has 1 aromatic rings. The van der Waals surface area contributed by atoms with Crippen LogP contribution in [0.1, 0.15) is 19.5 Å². The standard InChI is InChI=1S/C9H13ClN2/c1-6(2)11-8-5-4-7(3)12-9(8)10/h4-6,11H,1-3H3. The summed E-state index contributed by atoms with van der Waals surface area (Å²) in [6.45, 7) is 6.05. The van der Waals surface area contributed by atoms with Crippen LogP contribution in [0.2, 0.25) is 5.15 Å². The summed E-state index contributed by atoms with van der Waals surface area (Å²) in [6.07, 6.45) is 0. The second-order valence-electron chi connectivity index (χ2n) is 3.09. The van der Waals surface area contributed by atoms with Gasteiger partial charge in [0, 0.05) is 11.7 Å². The lowest BCUT2D eigenvalue weighted by molar-refractivity contribution is 0.897. The van der Waals surface area contributed by atoms with Crippen LogP contribution in [0.5, 0.6) is 0 Å². The number of nitrogens with one attached hydrogen (secondary N) is 1. The highest BCUT2D eigenvalue weighted by Crippen LogP contribution is 2.19. The van der Waals surface area contributed by atoms with Gasteiger partial charge in [-0.15, -0.1) is 0 Å². The van der Waals surface area contributed by atoms with Crippen LogP contribution in [0, 0.1) is 6.92 Å². The molecule has 2 nitrogen and oxygen atoms in total. The van der Waals surface area contributed by atoms with E-state index in [0.29, 0.717) is 11.2 Å². The molecular weight excluding hydrogens is 172 g/mol. The Bertz CT molecular complexity index is 271. The fraction of sp³-hybridized carbons (Fsp3) is 0.444. The van der Waals surface area contributed by atoms with Crippen LogP contribution in [0.25, 0.3) is 0 Å². The van der Waals surface area contributed by atoms with Crippen molar-refractivity contribution < 1.29 is 0 Å². The van der Waals surface area contributed by atoms with Crippen LogP contribution in [0.3, 0.4) is 0 Å². The van der Waals surface area contributed by atoms with Crippen molar-refractivity contribution in [2.45, 2.75) is 26.8 Å². The van der Waals surface area contributed by atoms with Crippen molar-refractivity contribution in [3.8, 4) is 0 Å². The predicted molar refractivity (Wildman–Crippen MR) is 52.7 cm³/mol. The topological polar surface area (TPSA) is 24.9 Å². The molecule has 1 aromatic heterocycles. The van der Waals surface area contributed by atoms with Gasteiger partial charge in [0.15, 0.2) is 5.15 Å². The van der Waals surface area contributed by atoms with Crippen molar-refractivity contribution >= 4 is 17.3 Å². The van der Waals surface area contributed by atoms with Crippen LogP contribution in [-0.4, -0.2) is 11.0 Å². The molecule has 0 saturated heterocycles. The van der Waals surface area contributed by atoms with E-state index in [2.05, 4.69) is 24.1 Å². The van der Waals surface area contributed by atoms with E-state index in [1.54, 1.807) is 0 Å². The fourth-order valence-electron chi connectivity index (χ4n) is 0.944. The quantitative estimate of drug-likeness (QED) is 0.715. The number of nitrogens with zero attached hydrogens (tertiary/aromatic N) is 1. The summed E-state index contributed by atoms with van der Waals surface area (Å²) in [6, 6.07) is 4.27. The number of halogens is 1. The van der Waals surface area contributed by atoms with Crippen molar-refractivity contribution in [1.82, 2.24) is 4.98 Å². The van der Waals surface area contributed by atoms with Gasteiger partial charge in [0.1, 0.15) is 0 Å². The van der Waals surface area contributed by atoms with E-state index >= 15 is 0 Å². The molecule has 0 aromatic carbocycles. The summed E-state index contributed by atoms with van der Waals surface area (Å²) < 4.78 is 0. The number of hydrogen-bond donors (Lipinski definition) is 1. The van der Waals surface area contributed by atoms with Crippen molar-refractivity contribution in [2.75, 3.05) is 5.32 Å². The number of rotatable bonds is 2. The van der Waals surface area contributed by atoms with Gasteiger partial charge in [-0.3, -0.25) is 0 Å². The predicted octanol–water partition coefficient (Wildman–Crippen LogP) is 2.86. The average molecular weight is 185 g/mol. The number of aromatic nitrogens is 1. The summed E-state index contributed by atoms with van der Waals surface area (Å²) in [4.78, 5) is 4.13. The number of pyridine rings is 1. The molecule has 0 atom stereocenters. The lowest BCUT2D eigenvalue weighted by Crippen LogP contribution is -2.10. The maximum Gasteiger partial charge on any atom is 0.152 e. The molecule has 0 bridgehead atoms. The summed E-state index contributed by atoms with van der Waals surface area (Å²) >= 11 is 5.90. The van der Waals surface area contributed by atoms with Gasteiger partial charge in [0.25, 0.3) is 0 Å².